The van der Waals surface area contributed by atoms with Crippen LogP contribution in [-0.4, -0.2) is 42.5 Å². The third kappa shape index (κ3) is 2.12. The highest BCUT2D eigenvalue weighted by molar-refractivity contribution is 6.01. The molecule has 0 aliphatic carbocycles. The zero-order valence-electron chi connectivity index (χ0n) is 10.5. The van der Waals surface area contributed by atoms with Gasteiger partial charge in [0, 0.05) is 20.7 Å². The van der Waals surface area contributed by atoms with Gasteiger partial charge in [-0.3, -0.25) is 9.48 Å². The summed E-state index contributed by atoms with van der Waals surface area (Å²) >= 11 is 0. The van der Waals surface area contributed by atoms with Crippen molar-refractivity contribution in [2.75, 3.05) is 37.0 Å². The Kier molecular flexibility index (Phi) is 3.33. The first kappa shape index (κ1) is 11.9. The Morgan fingerprint density at radius 3 is 2.94 bits per heavy atom. The maximum absolute atomic E-state index is 11.6. The fraction of sp³-hybridized carbons (Fsp3) is 0.636. The Labute approximate surface area is 101 Å². The van der Waals surface area contributed by atoms with Crippen LogP contribution in [0.1, 0.15) is 12.6 Å². The minimum atomic E-state index is 0.0105. The minimum Gasteiger partial charge on any atom is -0.383 e. The van der Waals surface area contributed by atoms with E-state index in [1.54, 1.807) is 7.11 Å². The van der Waals surface area contributed by atoms with E-state index in [9.17, 15) is 4.79 Å². The van der Waals surface area contributed by atoms with Crippen LogP contribution in [0.3, 0.4) is 0 Å². The fourth-order valence-corrected chi connectivity index (χ4v) is 2.12. The molecule has 2 rings (SSSR count). The van der Waals surface area contributed by atoms with E-state index in [4.69, 9.17) is 4.74 Å². The van der Waals surface area contributed by atoms with Gasteiger partial charge in [-0.2, -0.15) is 5.10 Å². The summed E-state index contributed by atoms with van der Waals surface area (Å²) in [5.41, 5.74) is 1.78. The maximum Gasteiger partial charge on any atom is 0.244 e. The van der Waals surface area contributed by atoms with Gasteiger partial charge < -0.3 is 15.0 Å². The molecule has 6 heteroatoms. The second kappa shape index (κ2) is 4.75. The summed E-state index contributed by atoms with van der Waals surface area (Å²) in [7, 11) is 3.56. The molecule has 2 heterocycles. The zero-order chi connectivity index (χ0) is 12.4. The summed E-state index contributed by atoms with van der Waals surface area (Å²) in [4.78, 5) is 13.6. The summed E-state index contributed by atoms with van der Waals surface area (Å²) in [6.07, 6.45) is 0.807. The normalized spacial score (nSPS) is 14.8. The smallest absolute Gasteiger partial charge is 0.244 e. The lowest BCUT2D eigenvalue weighted by Crippen LogP contribution is -2.40. The number of aryl methyl sites for hydroxylation is 2. The average molecular weight is 238 g/mol. The number of methoxy groups -OCH3 is 1. The van der Waals surface area contributed by atoms with Gasteiger partial charge in [0.2, 0.25) is 5.91 Å². The van der Waals surface area contributed by atoms with Crippen LogP contribution >= 0.6 is 0 Å². The topological polar surface area (TPSA) is 59.4 Å². The van der Waals surface area contributed by atoms with Gasteiger partial charge in [-0.25, -0.2) is 0 Å². The molecular weight excluding hydrogens is 220 g/mol. The number of nitrogens with zero attached hydrogens (tertiary/aromatic N) is 3. The number of hydrogen-bond acceptors (Lipinski definition) is 4. The Morgan fingerprint density at radius 2 is 2.29 bits per heavy atom. The number of hydrogen-bond donors (Lipinski definition) is 1. The molecule has 6 nitrogen and oxygen atoms in total. The van der Waals surface area contributed by atoms with Crippen molar-refractivity contribution < 1.29 is 9.53 Å². The monoisotopic (exact) mass is 238 g/mol. The number of amides is 1. The summed E-state index contributed by atoms with van der Waals surface area (Å²) in [5, 5.41) is 7.32. The molecule has 94 valence electrons. The second-order valence-electron chi connectivity index (χ2n) is 4.08. The van der Waals surface area contributed by atoms with E-state index in [0.29, 0.717) is 19.7 Å². The van der Waals surface area contributed by atoms with Gasteiger partial charge in [-0.15, -0.1) is 0 Å². The van der Waals surface area contributed by atoms with Crippen molar-refractivity contribution in [3.8, 4) is 0 Å². The second-order valence-corrected chi connectivity index (χ2v) is 4.08. The van der Waals surface area contributed by atoms with Gasteiger partial charge in [0.25, 0.3) is 0 Å². The van der Waals surface area contributed by atoms with Gasteiger partial charge in [-0.05, 0) is 6.42 Å². The Hall–Kier alpha value is -1.56. The lowest BCUT2D eigenvalue weighted by molar-refractivity contribution is -0.115. The molecule has 1 N–H and O–H groups in total. The molecule has 0 radical (unpaired) electrons. The van der Waals surface area contributed by atoms with Crippen molar-refractivity contribution in [1.82, 2.24) is 9.78 Å². The number of carbonyl (C=O) groups excluding carboxylic acids is 1. The first-order valence-electron chi connectivity index (χ1n) is 5.77. The molecule has 0 saturated carbocycles. The van der Waals surface area contributed by atoms with Crippen molar-refractivity contribution in [2.45, 2.75) is 13.3 Å². The van der Waals surface area contributed by atoms with E-state index in [1.807, 2.05) is 23.6 Å². The van der Waals surface area contributed by atoms with Gasteiger partial charge >= 0.3 is 0 Å². The molecule has 1 aliphatic heterocycles. The lowest BCUT2D eigenvalue weighted by Gasteiger charge is -2.29. The predicted molar refractivity (Wildman–Crippen MR) is 65.3 cm³/mol. The van der Waals surface area contributed by atoms with E-state index in [1.165, 1.54) is 0 Å². The number of fused-ring (bicyclic) bond motifs is 1. The molecule has 0 aromatic carbocycles. The predicted octanol–water partition coefficient (Wildman–Crippen LogP) is 0.387. The molecule has 1 aromatic rings. The van der Waals surface area contributed by atoms with E-state index in [-0.39, 0.29) is 5.91 Å². The molecule has 0 atom stereocenters. The molecule has 1 aromatic heterocycles. The number of nitrogens with one attached hydrogen (secondary N) is 1. The van der Waals surface area contributed by atoms with Crippen molar-refractivity contribution in [2.24, 2.45) is 7.05 Å². The first-order valence-corrected chi connectivity index (χ1v) is 5.77. The summed E-state index contributed by atoms with van der Waals surface area (Å²) < 4.78 is 6.89. The molecule has 0 fully saturated rings. The Balaban J connectivity index is 2.35. The number of carbonyl (C=O) groups is 1. The van der Waals surface area contributed by atoms with Crippen LogP contribution in [0, 0.1) is 0 Å². The van der Waals surface area contributed by atoms with Crippen molar-refractivity contribution in [1.29, 1.82) is 0 Å². The number of rotatable bonds is 4. The van der Waals surface area contributed by atoms with Crippen LogP contribution in [-0.2, 0) is 23.0 Å². The van der Waals surface area contributed by atoms with E-state index >= 15 is 0 Å². The fourth-order valence-electron chi connectivity index (χ4n) is 2.12. The van der Waals surface area contributed by atoms with Gasteiger partial charge in [0.15, 0.2) is 5.82 Å². The van der Waals surface area contributed by atoms with Crippen LogP contribution in [0.15, 0.2) is 0 Å². The molecule has 1 amide bonds. The van der Waals surface area contributed by atoms with Gasteiger partial charge in [0.1, 0.15) is 5.69 Å². The number of aromatic nitrogens is 2. The highest BCUT2D eigenvalue weighted by atomic mass is 16.5. The Morgan fingerprint density at radius 1 is 1.53 bits per heavy atom. The molecule has 0 saturated heterocycles. The molecule has 1 aliphatic rings. The number of ether oxygens (including phenoxy) is 1. The van der Waals surface area contributed by atoms with E-state index < -0.39 is 0 Å². The largest absolute Gasteiger partial charge is 0.383 e. The first-order chi connectivity index (χ1) is 8.17. The van der Waals surface area contributed by atoms with Crippen LogP contribution in [0.25, 0.3) is 0 Å². The zero-order valence-corrected chi connectivity index (χ0v) is 10.5. The standard InChI is InChI=1S/C11H18N4O2/c1-4-8-10-11(14(2)13-8)15(5-6-17-3)7-9(16)12-10/h4-7H2,1-3H3,(H,12,16). The SMILES string of the molecule is CCc1nn(C)c2c1NC(=O)CN2CCOC. The summed E-state index contributed by atoms with van der Waals surface area (Å²) in [6.45, 7) is 3.68. The van der Waals surface area contributed by atoms with Crippen LogP contribution in [0.2, 0.25) is 0 Å². The van der Waals surface area contributed by atoms with Crippen molar-refractivity contribution >= 4 is 17.4 Å². The average Bonchev–Trinajstić information content (AvgIpc) is 2.62. The van der Waals surface area contributed by atoms with Crippen LogP contribution in [0.4, 0.5) is 11.5 Å². The molecular formula is C11H18N4O2. The van der Waals surface area contributed by atoms with Gasteiger partial charge in [-0.1, -0.05) is 6.92 Å². The molecule has 0 spiro atoms. The van der Waals surface area contributed by atoms with Crippen LogP contribution in [0.5, 0.6) is 0 Å². The van der Waals surface area contributed by atoms with Crippen molar-refractivity contribution in [3.63, 3.8) is 0 Å². The third-order valence-corrected chi connectivity index (χ3v) is 2.89. The summed E-state index contributed by atoms with van der Waals surface area (Å²) in [6, 6.07) is 0. The lowest BCUT2D eigenvalue weighted by atomic mass is 10.2. The van der Waals surface area contributed by atoms with E-state index in [0.717, 1.165) is 23.6 Å². The maximum atomic E-state index is 11.6. The van der Waals surface area contributed by atoms with Crippen LogP contribution < -0.4 is 10.2 Å². The highest BCUT2D eigenvalue weighted by Crippen LogP contribution is 2.32. The number of anilines is 2. The minimum absolute atomic E-state index is 0.0105. The van der Waals surface area contributed by atoms with Gasteiger partial charge in [0.05, 0.1) is 18.8 Å². The molecule has 0 unspecified atom stereocenters. The molecule has 0 bridgehead atoms. The highest BCUT2D eigenvalue weighted by Gasteiger charge is 2.28. The third-order valence-electron chi connectivity index (χ3n) is 2.89. The molecule has 17 heavy (non-hydrogen) atoms. The quantitative estimate of drug-likeness (QED) is 0.824. The summed E-state index contributed by atoms with van der Waals surface area (Å²) in [5.74, 6) is 0.981. The van der Waals surface area contributed by atoms with E-state index in [2.05, 4.69) is 10.4 Å². The van der Waals surface area contributed by atoms with Crippen molar-refractivity contribution in [3.05, 3.63) is 5.69 Å². The Bertz CT molecular complexity index is 427.